The second-order valence-electron chi connectivity index (χ2n) is 6.85. The molecule has 2 aromatic rings. The summed E-state index contributed by atoms with van der Waals surface area (Å²) in [5.41, 5.74) is 1.39. The number of halogens is 2. The van der Waals surface area contributed by atoms with Crippen molar-refractivity contribution in [2.75, 3.05) is 26.2 Å². The van der Waals surface area contributed by atoms with Gasteiger partial charge in [0, 0.05) is 25.8 Å². The van der Waals surface area contributed by atoms with Gasteiger partial charge >= 0.3 is 0 Å². The summed E-state index contributed by atoms with van der Waals surface area (Å²) in [4.78, 5) is 14.7. The van der Waals surface area contributed by atoms with Gasteiger partial charge in [-0.3, -0.25) is 9.48 Å². The summed E-state index contributed by atoms with van der Waals surface area (Å²) >= 11 is 0. The first-order chi connectivity index (χ1) is 12.7. The third-order valence-corrected chi connectivity index (χ3v) is 4.81. The van der Waals surface area contributed by atoms with Gasteiger partial charge in [-0.05, 0) is 56.0 Å². The van der Waals surface area contributed by atoms with E-state index in [0.717, 1.165) is 37.9 Å². The highest BCUT2D eigenvalue weighted by Gasteiger charge is 2.21. The molecule has 5 nitrogen and oxygen atoms in total. The maximum Gasteiger partial charge on any atom is 0.274 e. The van der Waals surface area contributed by atoms with Gasteiger partial charge in [0.2, 0.25) is 0 Å². The molecule has 148 valence electrons. The first-order valence-electron chi connectivity index (χ1n) is 9.47. The molecule has 1 amide bonds. The maximum atomic E-state index is 13.3. The first kappa shape index (κ1) is 21.4. The fourth-order valence-corrected chi connectivity index (χ4v) is 3.42. The van der Waals surface area contributed by atoms with Crippen molar-refractivity contribution < 1.29 is 9.18 Å². The molecule has 3 rings (SSSR count). The molecule has 0 bridgehead atoms. The fourth-order valence-electron chi connectivity index (χ4n) is 3.42. The second kappa shape index (κ2) is 10.4. The van der Waals surface area contributed by atoms with Crippen LogP contribution in [0.5, 0.6) is 0 Å². The van der Waals surface area contributed by atoms with Crippen molar-refractivity contribution in [2.24, 2.45) is 0 Å². The van der Waals surface area contributed by atoms with Crippen LogP contribution in [0.3, 0.4) is 0 Å². The van der Waals surface area contributed by atoms with E-state index < -0.39 is 0 Å². The van der Waals surface area contributed by atoms with Gasteiger partial charge in [0.25, 0.3) is 5.91 Å². The smallest absolute Gasteiger partial charge is 0.274 e. The average Bonchev–Trinajstić information content (AvgIpc) is 3.15. The highest BCUT2D eigenvalue weighted by molar-refractivity contribution is 5.92. The Bertz CT molecular complexity index is 730. The molecule has 1 atom stereocenters. The lowest BCUT2D eigenvalue weighted by molar-refractivity contribution is 0.0750. The fraction of sp³-hybridized carbons (Fsp3) is 0.500. The van der Waals surface area contributed by atoms with E-state index in [2.05, 4.69) is 17.3 Å². The van der Waals surface area contributed by atoms with Gasteiger partial charge in [-0.15, -0.1) is 12.4 Å². The first-order valence-corrected chi connectivity index (χ1v) is 9.47. The van der Waals surface area contributed by atoms with E-state index >= 15 is 0 Å². The van der Waals surface area contributed by atoms with E-state index in [9.17, 15) is 9.18 Å². The number of nitrogens with one attached hydrogen (secondary N) is 1. The molecule has 1 aliphatic heterocycles. The molecular formula is C20H28ClFN4O. The molecule has 1 saturated heterocycles. The Morgan fingerprint density at radius 3 is 2.93 bits per heavy atom. The van der Waals surface area contributed by atoms with Crippen LogP contribution >= 0.6 is 12.4 Å². The second-order valence-corrected chi connectivity index (χ2v) is 6.85. The van der Waals surface area contributed by atoms with E-state index in [0.29, 0.717) is 31.2 Å². The van der Waals surface area contributed by atoms with Crippen LogP contribution in [-0.2, 0) is 6.42 Å². The van der Waals surface area contributed by atoms with E-state index in [1.54, 1.807) is 6.07 Å². The molecule has 0 spiro atoms. The van der Waals surface area contributed by atoms with E-state index in [1.807, 2.05) is 27.9 Å². The Balaban J connectivity index is 0.00000261. The molecule has 1 fully saturated rings. The van der Waals surface area contributed by atoms with E-state index in [1.165, 1.54) is 12.1 Å². The minimum absolute atomic E-state index is 0. The number of hydrogen-bond acceptors (Lipinski definition) is 3. The van der Waals surface area contributed by atoms with Crippen molar-refractivity contribution >= 4 is 18.3 Å². The van der Waals surface area contributed by atoms with E-state index in [-0.39, 0.29) is 24.1 Å². The average molecular weight is 395 g/mol. The van der Waals surface area contributed by atoms with Gasteiger partial charge in [0.05, 0.1) is 6.04 Å². The molecule has 1 unspecified atom stereocenters. The van der Waals surface area contributed by atoms with Crippen molar-refractivity contribution in [2.45, 2.75) is 38.6 Å². The zero-order valence-corrected chi connectivity index (χ0v) is 16.6. The highest BCUT2D eigenvalue weighted by atomic mass is 35.5. The molecule has 0 radical (unpaired) electrons. The number of carbonyl (C=O) groups excluding carboxylic acids is 1. The summed E-state index contributed by atoms with van der Waals surface area (Å²) in [6, 6.07) is 8.68. The molecule has 27 heavy (non-hydrogen) atoms. The van der Waals surface area contributed by atoms with Crippen molar-refractivity contribution in [3.8, 4) is 0 Å². The summed E-state index contributed by atoms with van der Waals surface area (Å²) in [5.74, 6) is -0.290. The zero-order valence-electron chi connectivity index (χ0n) is 15.7. The summed E-state index contributed by atoms with van der Waals surface area (Å²) in [6.45, 7) is 5.23. The van der Waals surface area contributed by atoms with Crippen LogP contribution in [0.15, 0.2) is 36.5 Å². The van der Waals surface area contributed by atoms with Gasteiger partial charge in [0.1, 0.15) is 11.5 Å². The van der Waals surface area contributed by atoms with Crippen LogP contribution in [0.1, 0.15) is 48.3 Å². The molecule has 1 aromatic heterocycles. The molecule has 2 heterocycles. The molecule has 1 N–H and O–H groups in total. The summed E-state index contributed by atoms with van der Waals surface area (Å²) < 4.78 is 15.3. The molecular weight excluding hydrogens is 367 g/mol. The lowest BCUT2D eigenvalue weighted by atomic mass is 10.1. The number of nitrogens with zero attached hydrogens (tertiary/aromatic N) is 3. The van der Waals surface area contributed by atoms with E-state index in [4.69, 9.17) is 0 Å². The number of amides is 1. The molecule has 1 aromatic carbocycles. The van der Waals surface area contributed by atoms with Crippen molar-refractivity contribution in [3.63, 3.8) is 0 Å². The normalized spacial score (nSPS) is 16.6. The van der Waals surface area contributed by atoms with Crippen LogP contribution in [-0.4, -0.2) is 46.8 Å². The minimum atomic E-state index is -0.240. The summed E-state index contributed by atoms with van der Waals surface area (Å²) in [6.07, 6.45) is 5.63. The monoisotopic (exact) mass is 394 g/mol. The molecule has 1 aliphatic rings. The maximum absolute atomic E-state index is 13.3. The van der Waals surface area contributed by atoms with Crippen LogP contribution in [0.4, 0.5) is 4.39 Å². The van der Waals surface area contributed by atoms with Gasteiger partial charge in [0.15, 0.2) is 0 Å². The largest absolute Gasteiger partial charge is 0.337 e. The lowest BCUT2D eigenvalue weighted by Gasteiger charge is -2.23. The van der Waals surface area contributed by atoms with Gasteiger partial charge in [-0.2, -0.15) is 5.10 Å². The SMILES string of the molecule is CCCN(CCc1cccc(F)c1)C(=O)c1ccn(C2CCCNC2)n1.Cl. The highest BCUT2D eigenvalue weighted by Crippen LogP contribution is 2.16. The Labute approximate surface area is 166 Å². The standard InChI is InChI=1S/C20H27FN4O.ClH/c1-2-11-24(12-8-16-5-3-6-17(21)14-16)20(26)19-9-13-25(23-19)18-7-4-10-22-15-18;/h3,5-6,9,13-14,18,22H,2,4,7-8,10-12,15H2,1H3;1H. The third kappa shape index (κ3) is 5.78. The lowest BCUT2D eigenvalue weighted by Crippen LogP contribution is -2.35. The van der Waals surface area contributed by atoms with Gasteiger partial charge in [-0.25, -0.2) is 4.39 Å². The Kier molecular flexibility index (Phi) is 8.25. The number of benzene rings is 1. The molecule has 0 saturated carbocycles. The van der Waals surface area contributed by atoms with Crippen molar-refractivity contribution in [3.05, 3.63) is 53.6 Å². The summed E-state index contributed by atoms with van der Waals surface area (Å²) in [5, 5.41) is 7.90. The zero-order chi connectivity index (χ0) is 18.4. The van der Waals surface area contributed by atoms with Gasteiger partial charge in [-0.1, -0.05) is 19.1 Å². The molecule has 7 heteroatoms. The molecule has 0 aliphatic carbocycles. The quantitative estimate of drug-likeness (QED) is 0.782. The topological polar surface area (TPSA) is 50.2 Å². The van der Waals surface area contributed by atoms with Crippen LogP contribution in [0.2, 0.25) is 0 Å². The number of rotatable bonds is 7. The number of hydrogen-bond donors (Lipinski definition) is 1. The third-order valence-electron chi connectivity index (χ3n) is 4.81. The Morgan fingerprint density at radius 1 is 1.37 bits per heavy atom. The van der Waals surface area contributed by atoms with Crippen molar-refractivity contribution in [1.82, 2.24) is 20.0 Å². The number of piperidine rings is 1. The van der Waals surface area contributed by atoms with Crippen molar-refractivity contribution in [1.29, 1.82) is 0 Å². The number of aromatic nitrogens is 2. The Morgan fingerprint density at radius 2 is 2.22 bits per heavy atom. The van der Waals surface area contributed by atoms with Gasteiger partial charge < -0.3 is 10.2 Å². The van der Waals surface area contributed by atoms with Crippen LogP contribution < -0.4 is 5.32 Å². The van der Waals surface area contributed by atoms with Crippen LogP contribution in [0, 0.1) is 5.82 Å². The number of carbonyl (C=O) groups is 1. The Hall–Kier alpha value is -1.92. The summed E-state index contributed by atoms with van der Waals surface area (Å²) in [7, 11) is 0. The predicted octanol–water partition coefficient (Wildman–Crippen LogP) is 3.46. The predicted molar refractivity (Wildman–Crippen MR) is 107 cm³/mol. The van der Waals surface area contributed by atoms with Crippen LogP contribution in [0.25, 0.3) is 0 Å². The minimum Gasteiger partial charge on any atom is -0.337 e.